The molecule has 1 aliphatic rings. The Labute approximate surface area is 102 Å². The second-order valence-corrected chi connectivity index (χ2v) is 5.59. The molecular formula is C12H21N3S. The van der Waals surface area contributed by atoms with Crippen LogP contribution in [0.15, 0.2) is 11.6 Å². The molecular weight excluding hydrogens is 218 g/mol. The number of thiazole rings is 1. The normalized spacial score (nSPS) is 29.2. The maximum Gasteiger partial charge on any atom is 0.109 e. The van der Waals surface area contributed by atoms with E-state index in [0.717, 1.165) is 6.54 Å². The van der Waals surface area contributed by atoms with Crippen molar-refractivity contribution in [3.63, 3.8) is 0 Å². The monoisotopic (exact) mass is 239 g/mol. The Morgan fingerprint density at radius 2 is 2.44 bits per heavy atom. The van der Waals surface area contributed by atoms with Gasteiger partial charge in [0.2, 0.25) is 0 Å². The first-order valence-electron chi connectivity index (χ1n) is 6.11. The molecule has 1 fully saturated rings. The van der Waals surface area contributed by atoms with Crippen LogP contribution < -0.4 is 5.73 Å². The summed E-state index contributed by atoms with van der Waals surface area (Å²) in [5, 5.41) is 3.27. The van der Waals surface area contributed by atoms with Crippen LogP contribution in [0.5, 0.6) is 0 Å². The van der Waals surface area contributed by atoms with Gasteiger partial charge in [0.1, 0.15) is 5.01 Å². The smallest absolute Gasteiger partial charge is 0.109 e. The Balaban J connectivity index is 2.15. The van der Waals surface area contributed by atoms with E-state index < -0.39 is 0 Å². The van der Waals surface area contributed by atoms with Gasteiger partial charge in [-0.15, -0.1) is 11.3 Å². The fraction of sp³-hybridized carbons (Fsp3) is 0.750. The van der Waals surface area contributed by atoms with E-state index in [1.165, 1.54) is 24.3 Å². The van der Waals surface area contributed by atoms with Crippen LogP contribution in [0.1, 0.15) is 44.2 Å². The highest BCUT2D eigenvalue weighted by Crippen LogP contribution is 2.32. The fourth-order valence-corrected chi connectivity index (χ4v) is 3.51. The van der Waals surface area contributed by atoms with E-state index in [9.17, 15) is 0 Å². The molecule has 0 spiro atoms. The van der Waals surface area contributed by atoms with Crippen LogP contribution in [0.3, 0.4) is 0 Å². The van der Waals surface area contributed by atoms with Crippen LogP contribution in [0.4, 0.5) is 0 Å². The summed E-state index contributed by atoms with van der Waals surface area (Å²) in [7, 11) is 0. The molecule has 0 amide bonds. The summed E-state index contributed by atoms with van der Waals surface area (Å²) >= 11 is 1.75. The number of aromatic nitrogens is 1. The molecule has 0 radical (unpaired) electrons. The van der Waals surface area contributed by atoms with Crippen molar-refractivity contribution >= 4 is 11.3 Å². The minimum atomic E-state index is 0.406. The van der Waals surface area contributed by atoms with E-state index in [0.29, 0.717) is 18.1 Å². The predicted molar refractivity (Wildman–Crippen MR) is 68.5 cm³/mol. The van der Waals surface area contributed by atoms with E-state index in [2.05, 4.69) is 29.1 Å². The molecule has 2 heterocycles. The number of rotatable bonds is 3. The Morgan fingerprint density at radius 1 is 1.62 bits per heavy atom. The van der Waals surface area contributed by atoms with Gasteiger partial charge < -0.3 is 5.73 Å². The molecule has 1 aromatic rings. The highest BCUT2D eigenvalue weighted by Gasteiger charge is 2.32. The molecule has 2 N–H and O–H groups in total. The molecule has 3 unspecified atom stereocenters. The first-order valence-corrected chi connectivity index (χ1v) is 6.99. The minimum Gasteiger partial charge on any atom is -0.329 e. The fourth-order valence-electron chi connectivity index (χ4n) is 2.81. The summed E-state index contributed by atoms with van der Waals surface area (Å²) in [4.78, 5) is 6.99. The number of likely N-dealkylation sites (tertiary alicyclic amines) is 1. The van der Waals surface area contributed by atoms with Crippen molar-refractivity contribution in [3.05, 3.63) is 16.6 Å². The Kier molecular flexibility index (Phi) is 3.95. The molecule has 90 valence electrons. The molecule has 3 nitrogen and oxygen atoms in total. The predicted octanol–water partition coefficient (Wildman–Crippen LogP) is 2.41. The highest BCUT2D eigenvalue weighted by atomic mass is 32.1. The number of hydrogen-bond acceptors (Lipinski definition) is 4. The molecule has 3 atom stereocenters. The van der Waals surface area contributed by atoms with Crippen LogP contribution in [0, 0.1) is 0 Å². The second kappa shape index (κ2) is 5.25. The van der Waals surface area contributed by atoms with Gasteiger partial charge in [-0.1, -0.05) is 6.42 Å². The zero-order chi connectivity index (χ0) is 11.5. The molecule has 1 aliphatic heterocycles. The molecule has 0 aromatic carbocycles. The highest BCUT2D eigenvalue weighted by molar-refractivity contribution is 7.09. The van der Waals surface area contributed by atoms with Crippen molar-refractivity contribution in [2.75, 3.05) is 6.54 Å². The van der Waals surface area contributed by atoms with E-state index in [1.807, 2.05) is 6.20 Å². The standard InChI is InChI=1S/C12H21N3S/c1-9-4-3-5-11(8-13)15(9)10(2)12-14-6-7-16-12/h6-7,9-11H,3-5,8,13H2,1-2H3. The van der Waals surface area contributed by atoms with Crippen molar-refractivity contribution in [1.29, 1.82) is 0 Å². The van der Waals surface area contributed by atoms with Gasteiger partial charge in [0, 0.05) is 30.2 Å². The molecule has 0 aliphatic carbocycles. The van der Waals surface area contributed by atoms with Crippen molar-refractivity contribution < 1.29 is 0 Å². The van der Waals surface area contributed by atoms with E-state index in [4.69, 9.17) is 5.73 Å². The molecule has 4 heteroatoms. The third kappa shape index (κ3) is 2.29. The first-order chi connectivity index (χ1) is 7.74. The molecule has 0 bridgehead atoms. The van der Waals surface area contributed by atoms with Crippen LogP contribution >= 0.6 is 11.3 Å². The Hall–Kier alpha value is -0.450. The van der Waals surface area contributed by atoms with Crippen LogP contribution in [-0.2, 0) is 0 Å². The average Bonchev–Trinajstić information content (AvgIpc) is 2.81. The topological polar surface area (TPSA) is 42.1 Å². The van der Waals surface area contributed by atoms with Gasteiger partial charge in [0.05, 0.1) is 6.04 Å². The summed E-state index contributed by atoms with van der Waals surface area (Å²) in [6, 6.07) is 1.56. The zero-order valence-corrected chi connectivity index (χ0v) is 10.9. The van der Waals surface area contributed by atoms with Gasteiger partial charge in [-0.05, 0) is 26.7 Å². The van der Waals surface area contributed by atoms with Crippen LogP contribution in [-0.4, -0.2) is 28.5 Å². The van der Waals surface area contributed by atoms with E-state index >= 15 is 0 Å². The van der Waals surface area contributed by atoms with Gasteiger partial charge in [-0.25, -0.2) is 4.98 Å². The number of nitrogens with two attached hydrogens (primary N) is 1. The minimum absolute atomic E-state index is 0.406. The summed E-state index contributed by atoms with van der Waals surface area (Å²) in [5.74, 6) is 0. The van der Waals surface area contributed by atoms with Gasteiger partial charge in [-0.3, -0.25) is 4.90 Å². The van der Waals surface area contributed by atoms with Crippen molar-refractivity contribution in [3.8, 4) is 0 Å². The summed E-state index contributed by atoms with van der Waals surface area (Å²) in [5.41, 5.74) is 5.89. The molecule has 0 saturated carbocycles. The van der Waals surface area contributed by atoms with Gasteiger partial charge in [0.25, 0.3) is 0 Å². The lowest BCUT2D eigenvalue weighted by atomic mass is 9.94. The van der Waals surface area contributed by atoms with Crippen molar-refractivity contribution in [1.82, 2.24) is 9.88 Å². The van der Waals surface area contributed by atoms with Gasteiger partial charge in [0.15, 0.2) is 0 Å². The number of hydrogen-bond donors (Lipinski definition) is 1. The zero-order valence-electron chi connectivity index (χ0n) is 10.1. The van der Waals surface area contributed by atoms with E-state index in [-0.39, 0.29) is 0 Å². The first kappa shape index (κ1) is 12.0. The lowest BCUT2D eigenvalue weighted by Crippen LogP contribution is -2.49. The van der Waals surface area contributed by atoms with Crippen LogP contribution in [0.25, 0.3) is 0 Å². The van der Waals surface area contributed by atoms with E-state index in [1.54, 1.807) is 11.3 Å². The number of nitrogens with zero attached hydrogens (tertiary/aromatic N) is 2. The third-order valence-corrected chi connectivity index (χ3v) is 4.56. The second-order valence-electron chi connectivity index (χ2n) is 4.66. The number of piperidine rings is 1. The van der Waals surface area contributed by atoms with Gasteiger partial charge in [-0.2, -0.15) is 0 Å². The lowest BCUT2D eigenvalue weighted by Gasteiger charge is -2.43. The van der Waals surface area contributed by atoms with Crippen molar-refractivity contribution in [2.24, 2.45) is 5.73 Å². The van der Waals surface area contributed by atoms with Crippen LogP contribution in [0.2, 0.25) is 0 Å². The van der Waals surface area contributed by atoms with Gasteiger partial charge >= 0.3 is 0 Å². The molecule has 2 rings (SSSR count). The summed E-state index contributed by atoms with van der Waals surface area (Å²) < 4.78 is 0. The third-order valence-electron chi connectivity index (χ3n) is 3.62. The maximum absolute atomic E-state index is 5.89. The Morgan fingerprint density at radius 3 is 3.06 bits per heavy atom. The molecule has 16 heavy (non-hydrogen) atoms. The quantitative estimate of drug-likeness (QED) is 0.880. The van der Waals surface area contributed by atoms with Crippen molar-refractivity contribution in [2.45, 2.75) is 51.2 Å². The lowest BCUT2D eigenvalue weighted by molar-refractivity contribution is 0.0569. The average molecular weight is 239 g/mol. The molecule has 1 saturated heterocycles. The summed E-state index contributed by atoms with van der Waals surface area (Å²) in [6.07, 6.45) is 5.72. The Bertz CT molecular complexity index is 312. The SMILES string of the molecule is CC1CCCC(CN)N1C(C)c1nccs1. The summed E-state index contributed by atoms with van der Waals surface area (Å²) in [6.45, 7) is 5.33. The largest absolute Gasteiger partial charge is 0.329 e. The molecule has 1 aromatic heterocycles. The maximum atomic E-state index is 5.89.